The molecule has 0 aromatic rings. The van der Waals surface area contributed by atoms with Crippen LogP contribution in [0.1, 0.15) is 47.5 Å². The summed E-state index contributed by atoms with van der Waals surface area (Å²) in [5, 5.41) is 12.5. The lowest BCUT2D eigenvalue weighted by molar-refractivity contribution is 0.102. The van der Waals surface area contributed by atoms with Crippen molar-refractivity contribution in [3.05, 3.63) is 0 Å². The van der Waals surface area contributed by atoms with Gasteiger partial charge in [0.05, 0.1) is 6.61 Å². The van der Waals surface area contributed by atoms with Crippen LogP contribution >= 0.6 is 0 Å². The number of hydrogen-bond acceptors (Lipinski definition) is 3. The number of likely N-dealkylation sites (tertiary alicyclic amines) is 1. The molecule has 1 aliphatic heterocycles. The molecule has 0 radical (unpaired) electrons. The monoisotopic (exact) mass is 270 g/mol. The van der Waals surface area contributed by atoms with Gasteiger partial charge in [0.1, 0.15) is 0 Å². The largest absolute Gasteiger partial charge is 0.395 e. The fourth-order valence-corrected chi connectivity index (χ4v) is 3.40. The third kappa shape index (κ3) is 7.28. The number of piperidine rings is 1. The second-order valence-electron chi connectivity index (χ2n) is 7.85. The van der Waals surface area contributed by atoms with Crippen LogP contribution in [0.5, 0.6) is 0 Å². The van der Waals surface area contributed by atoms with Crippen LogP contribution in [0.3, 0.4) is 0 Å². The Bertz CT molecular complexity index is 248. The molecule has 0 spiro atoms. The summed E-state index contributed by atoms with van der Waals surface area (Å²) in [6.07, 6.45) is 2.55. The van der Waals surface area contributed by atoms with E-state index >= 15 is 0 Å². The van der Waals surface area contributed by atoms with Crippen molar-refractivity contribution in [2.75, 3.05) is 32.8 Å². The lowest BCUT2D eigenvalue weighted by atomic mass is 9.80. The summed E-state index contributed by atoms with van der Waals surface area (Å²) >= 11 is 0. The zero-order valence-corrected chi connectivity index (χ0v) is 13.6. The van der Waals surface area contributed by atoms with E-state index in [4.69, 9.17) is 5.11 Å². The van der Waals surface area contributed by atoms with Gasteiger partial charge in [0.15, 0.2) is 0 Å². The van der Waals surface area contributed by atoms with E-state index in [9.17, 15) is 0 Å². The van der Waals surface area contributed by atoms with Crippen LogP contribution in [0.2, 0.25) is 0 Å². The van der Waals surface area contributed by atoms with E-state index in [1.54, 1.807) is 0 Å². The highest BCUT2D eigenvalue weighted by atomic mass is 16.3. The molecule has 3 nitrogen and oxygen atoms in total. The summed E-state index contributed by atoms with van der Waals surface area (Å²) in [6.45, 7) is 16.1. The van der Waals surface area contributed by atoms with Crippen molar-refractivity contribution in [2.24, 2.45) is 17.3 Å². The highest BCUT2D eigenvalue weighted by Crippen LogP contribution is 2.30. The van der Waals surface area contributed by atoms with E-state index in [1.807, 2.05) is 0 Å². The minimum atomic E-state index is 0.241. The van der Waals surface area contributed by atoms with E-state index in [1.165, 1.54) is 25.9 Å². The van der Waals surface area contributed by atoms with Crippen LogP contribution in [0.25, 0.3) is 0 Å². The molecular formula is C16H34N2O. The van der Waals surface area contributed by atoms with Gasteiger partial charge in [-0.25, -0.2) is 0 Å². The van der Waals surface area contributed by atoms with Gasteiger partial charge in [-0.05, 0) is 30.1 Å². The van der Waals surface area contributed by atoms with Crippen molar-refractivity contribution in [2.45, 2.75) is 53.5 Å². The topological polar surface area (TPSA) is 35.5 Å². The summed E-state index contributed by atoms with van der Waals surface area (Å²) in [5.74, 6) is 1.51. The van der Waals surface area contributed by atoms with Gasteiger partial charge < -0.3 is 15.3 Å². The van der Waals surface area contributed by atoms with Gasteiger partial charge in [0.2, 0.25) is 0 Å². The first-order valence-electron chi connectivity index (χ1n) is 7.86. The summed E-state index contributed by atoms with van der Waals surface area (Å²) in [5.41, 5.74) is 0.410. The molecule has 1 saturated heterocycles. The maximum Gasteiger partial charge on any atom is 0.0556 e. The Hall–Kier alpha value is -0.120. The van der Waals surface area contributed by atoms with E-state index in [0.29, 0.717) is 11.5 Å². The van der Waals surface area contributed by atoms with E-state index in [2.05, 4.69) is 44.8 Å². The number of aliphatic hydroxyl groups is 1. The van der Waals surface area contributed by atoms with Crippen LogP contribution in [-0.4, -0.2) is 48.8 Å². The van der Waals surface area contributed by atoms with Gasteiger partial charge in [-0.1, -0.05) is 34.6 Å². The molecule has 114 valence electrons. The first kappa shape index (κ1) is 16.9. The zero-order valence-electron chi connectivity index (χ0n) is 13.6. The number of nitrogens with zero attached hydrogens (tertiary/aromatic N) is 1. The summed E-state index contributed by atoms with van der Waals surface area (Å²) in [7, 11) is 0. The van der Waals surface area contributed by atoms with Crippen LogP contribution < -0.4 is 5.32 Å². The maximum absolute atomic E-state index is 8.98. The molecule has 1 aliphatic rings. The predicted molar refractivity (Wildman–Crippen MR) is 82.3 cm³/mol. The average molecular weight is 270 g/mol. The molecule has 2 atom stereocenters. The Morgan fingerprint density at radius 1 is 1.26 bits per heavy atom. The molecule has 1 heterocycles. The molecule has 19 heavy (non-hydrogen) atoms. The molecule has 0 amide bonds. The Balaban J connectivity index is 2.55. The second kappa shape index (κ2) is 7.61. The van der Waals surface area contributed by atoms with Crippen molar-refractivity contribution in [3.63, 3.8) is 0 Å². The van der Waals surface area contributed by atoms with Gasteiger partial charge in [0, 0.05) is 32.2 Å². The van der Waals surface area contributed by atoms with Crippen molar-refractivity contribution in [1.82, 2.24) is 10.2 Å². The van der Waals surface area contributed by atoms with Crippen LogP contribution in [0, 0.1) is 17.3 Å². The molecule has 0 aliphatic carbocycles. The van der Waals surface area contributed by atoms with E-state index in [0.717, 1.165) is 24.9 Å². The SMILES string of the molecule is CC(C)CN1CC(CC(C)(C)C)CC(NCCO)C1. The maximum atomic E-state index is 8.98. The molecule has 0 bridgehead atoms. The molecule has 1 rings (SSSR count). The van der Waals surface area contributed by atoms with Crippen LogP contribution in [0.4, 0.5) is 0 Å². The minimum Gasteiger partial charge on any atom is -0.395 e. The lowest BCUT2D eigenvalue weighted by Crippen LogP contribution is -2.51. The van der Waals surface area contributed by atoms with Gasteiger partial charge in [-0.3, -0.25) is 0 Å². The molecule has 0 aromatic carbocycles. The fourth-order valence-electron chi connectivity index (χ4n) is 3.40. The first-order chi connectivity index (χ1) is 8.80. The fraction of sp³-hybridized carbons (Fsp3) is 1.00. The summed E-state index contributed by atoms with van der Waals surface area (Å²) < 4.78 is 0. The third-order valence-corrected chi connectivity index (χ3v) is 3.68. The molecule has 1 fully saturated rings. The Kier molecular flexibility index (Phi) is 6.78. The standard InChI is InChI=1S/C16H34N2O/c1-13(2)10-18-11-14(9-16(3,4)5)8-15(12-18)17-6-7-19/h13-15,17,19H,6-12H2,1-5H3. The quantitative estimate of drug-likeness (QED) is 0.778. The predicted octanol–water partition coefficient (Wildman–Crippen LogP) is 2.35. The zero-order chi connectivity index (χ0) is 14.5. The smallest absolute Gasteiger partial charge is 0.0556 e. The van der Waals surface area contributed by atoms with E-state index in [-0.39, 0.29) is 6.61 Å². The highest BCUT2D eigenvalue weighted by Gasteiger charge is 2.29. The summed E-state index contributed by atoms with van der Waals surface area (Å²) in [4.78, 5) is 2.61. The van der Waals surface area contributed by atoms with Crippen LogP contribution in [-0.2, 0) is 0 Å². The average Bonchev–Trinajstić information content (AvgIpc) is 2.22. The van der Waals surface area contributed by atoms with E-state index < -0.39 is 0 Å². The van der Waals surface area contributed by atoms with Crippen molar-refractivity contribution < 1.29 is 5.11 Å². The summed E-state index contributed by atoms with van der Waals surface area (Å²) in [6, 6.07) is 0.548. The third-order valence-electron chi connectivity index (χ3n) is 3.68. The van der Waals surface area contributed by atoms with Crippen LogP contribution in [0.15, 0.2) is 0 Å². The van der Waals surface area contributed by atoms with Crippen molar-refractivity contribution >= 4 is 0 Å². The molecular weight excluding hydrogens is 236 g/mol. The van der Waals surface area contributed by atoms with Gasteiger partial charge in [-0.15, -0.1) is 0 Å². The first-order valence-corrected chi connectivity index (χ1v) is 7.86. The highest BCUT2D eigenvalue weighted by molar-refractivity contribution is 4.85. The van der Waals surface area contributed by atoms with Gasteiger partial charge in [-0.2, -0.15) is 0 Å². The number of aliphatic hydroxyl groups excluding tert-OH is 1. The molecule has 2 N–H and O–H groups in total. The lowest BCUT2D eigenvalue weighted by Gasteiger charge is -2.41. The van der Waals surface area contributed by atoms with Gasteiger partial charge in [0.25, 0.3) is 0 Å². The van der Waals surface area contributed by atoms with Gasteiger partial charge >= 0.3 is 0 Å². The Morgan fingerprint density at radius 2 is 1.95 bits per heavy atom. The second-order valence-corrected chi connectivity index (χ2v) is 7.85. The Labute approximate surface area is 119 Å². The number of nitrogens with one attached hydrogen (secondary N) is 1. The molecule has 0 aromatic heterocycles. The van der Waals surface area contributed by atoms with Crippen molar-refractivity contribution in [3.8, 4) is 0 Å². The number of hydrogen-bond donors (Lipinski definition) is 2. The Morgan fingerprint density at radius 3 is 2.47 bits per heavy atom. The van der Waals surface area contributed by atoms with Crippen molar-refractivity contribution in [1.29, 1.82) is 0 Å². The molecule has 2 unspecified atom stereocenters. The molecule has 0 saturated carbocycles. The molecule has 3 heteroatoms. The number of rotatable bonds is 6. The normalized spacial score (nSPS) is 26.1. The minimum absolute atomic E-state index is 0.241.